The van der Waals surface area contributed by atoms with Crippen molar-refractivity contribution in [2.45, 2.75) is 126 Å². The number of nitrogens with one attached hydrogen (secondary N) is 13. The number of halogens is 1. The lowest BCUT2D eigenvalue weighted by atomic mass is 10.0. The summed E-state index contributed by atoms with van der Waals surface area (Å²) in [5.74, 6) is -8.46. The van der Waals surface area contributed by atoms with Gasteiger partial charge in [0.25, 0.3) is 0 Å². The van der Waals surface area contributed by atoms with Crippen molar-refractivity contribution in [3.05, 3.63) is 70.9 Å². The Morgan fingerprint density at radius 2 is 1.30 bits per heavy atom. The molecule has 1 aromatic heterocycles. The molecule has 8 amide bonds. The highest BCUT2D eigenvalue weighted by atomic mass is 35.5. The molecule has 1 saturated heterocycles. The highest BCUT2D eigenvalue weighted by Gasteiger charge is 2.35. The van der Waals surface area contributed by atoms with Gasteiger partial charge in [-0.3, -0.25) is 49.2 Å². The minimum Gasteiger partial charge on any atom is -0.480 e. The number of aromatic nitrogens is 1. The van der Waals surface area contributed by atoms with Crippen molar-refractivity contribution in [3.63, 3.8) is 0 Å². The molecule has 2 heterocycles. The van der Waals surface area contributed by atoms with Gasteiger partial charge in [-0.2, -0.15) is 0 Å². The van der Waals surface area contributed by atoms with E-state index in [9.17, 15) is 48.3 Å². The number of para-hydroxylation sites is 1. The number of benzene rings is 2. The van der Waals surface area contributed by atoms with Crippen LogP contribution in [0, 0.1) is 10.8 Å². The quantitative estimate of drug-likeness (QED) is 0.0353. The molecule has 4 rings (SSSR count). The SMILES string of the molecule is CC(=O)N[C@@H](CCCNC(=N)N)C(=O)N[C@H]1CCC(=O)NCCCC(C(=O)O)NC(=O)[C@H](Cc2c[nH]c3ccccc23)NC(=O)[C@H](CCCNC(=N)N)NC(=O)[C@@H](Cc2ccccc2Cl)NC(=O)[C@H](CCCN)NC1=O. The Hall–Kier alpha value is -8.00. The van der Waals surface area contributed by atoms with E-state index >= 15 is 0 Å². The standard InChI is InChI=1S/C49H71ClN16O10/c1-27(67)60-33(15-7-22-57-48(52)53)41(69)63-36-18-19-40(68)56-21-9-17-37(47(75)76)64-46(74)39(25-29-26-59-32-13-5-3-11-30(29)32)66-43(71)35(16-8-23-58-49(54)55)62-45(73)38(24-28-10-2-4-12-31(28)50)65-42(70)34(14-6-20-51)61-44(36)72/h2-5,10-13,26,33-39,59H,6-9,14-25,51H2,1H3,(H,56,68)(H,60,67)(H,61,72)(H,62,73)(H,63,69)(H,64,74)(H,65,70)(H,66,71)(H,75,76)(H4,52,53,57)(H4,54,55,58)/t33-,34-,35-,36-,37?,38+,39-/m0/s1. The summed E-state index contributed by atoms with van der Waals surface area (Å²) in [7, 11) is 0. The molecule has 0 saturated carbocycles. The minimum atomic E-state index is -1.50. The molecule has 0 spiro atoms. The number of hydrogen-bond donors (Lipinski definition) is 17. The number of amides is 8. The molecular weight excluding hydrogens is 1010 g/mol. The lowest BCUT2D eigenvalue weighted by molar-refractivity contribution is -0.142. The second-order valence-corrected chi connectivity index (χ2v) is 18.7. The summed E-state index contributed by atoms with van der Waals surface area (Å²) in [5.41, 5.74) is 18.5. The number of carboxylic acid groups (broad SMARTS) is 1. The number of aromatic amines is 1. The lowest BCUT2D eigenvalue weighted by Gasteiger charge is -2.28. The number of hydrogen-bond acceptors (Lipinski definition) is 12. The molecule has 27 heteroatoms. The predicted octanol–water partition coefficient (Wildman–Crippen LogP) is -1.94. The molecule has 0 bridgehead atoms. The third kappa shape index (κ3) is 20.4. The summed E-state index contributed by atoms with van der Waals surface area (Å²) in [4.78, 5) is 127. The predicted molar refractivity (Wildman–Crippen MR) is 282 cm³/mol. The van der Waals surface area contributed by atoms with E-state index in [1.807, 2.05) is 6.07 Å². The van der Waals surface area contributed by atoms with Gasteiger partial charge in [0.15, 0.2) is 11.9 Å². The largest absolute Gasteiger partial charge is 0.480 e. The molecule has 2 aromatic carbocycles. The third-order valence-corrected chi connectivity index (χ3v) is 12.6. The van der Waals surface area contributed by atoms with E-state index in [0.717, 1.165) is 10.9 Å². The first-order valence-corrected chi connectivity index (χ1v) is 25.4. The number of fused-ring (bicyclic) bond motifs is 1. The molecule has 26 nitrogen and oxygen atoms in total. The Morgan fingerprint density at radius 3 is 1.93 bits per heavy atom. The van der Waals surface area contributed by atoms with Crippen LogP contribution in [0.3, 0.4) is 0 Å². The normalized spacial score (nSPS) is 21.0. The maximum atomic E-state index is 14.7. The maximum absolute atomic E-state index is 14.7. The van der Waals surface area contributed by atoms with Gasteiger partial charge in [-0.15, -0.1) is 0 Å². The molecule has 1 aliphatic rings. The Labute approximate surface area is 444 Å². The highest BCUT2D eigenvalue weighted by molar-refractivity contribution is 6.31. The van der Waals surface area contributed by atoms with Crippen LogP contribution in [0.5, 0.6) is 0 Å². The number of carbonyl (C=O) groups excluding carboxylic acids is 8. The van der Waals surface area contributed by atoms with E-state index in [1.54, 1.807) is 48.7 Å². The van der Waals surface area contributed by atoms with Crippen molar-refractivity contribution in [1.82, 2.24) is 58.2 Å². The Balaban J connectivity index is 1.78. The average Bonchev–Trinajstić information content (AvgIpc) is 3.78. The van der Waals surface area contributed by atoms with Gasteiger partial charge in [0.2, 0.25) is 47.3 Å². The number of H-pyrrole nitrogens is 1. The van der Waals surface area contributed by atoms with Crippen LogP contribution in [-0.2, 0) is 56.0 Å². The summed E-state index contributed by atoms with van der Waals surface area (Å²) in [6, 6.07) is 3.79. The van der Waals surface area contributed by atoms with Crippen LogP contribution in [0.15, 0.2) is 54.7 Å². The first-order chi connectivity index (χ1) is 36.3. The van der Waals surface area contributed by atoms with Crippen LogP contribution in [0.25, 0.3) is 10.9 Å². The number of nitrogens with two attached hydrogens (primary N) is 3. The van der Waals surface area contributed by atoms with Gasteiger partial charge in [0.1, 0.15) is 42.3 Å². The minimum absolute atomic E-state index is 0.0374. The Kier molecular flexibility index (Phi) is 24.7. The molecule has 3 aromatic rings. The molecule has 1 fully saturated rings. The average molecular weight is 1080 g/mol. The van der Waals surface area contributed by atoms with Crippen LogP contribution in [0.4, 0.5) is 0 Å². The Morgan fingerprint density at radius 1 is 0.737 bits per heavy atom. The molecule has 0 radical (unpaired) electrons. The lowest BCUT2D eigenvalue weighted by Crippen LogP contribution is -2.60. The molecule has 1 aliphatic heterocycles. The van der Waals surface area contributed by atoms with Gasteiger partial charge in [-0.1, -0.05) is 48.0 Å². The first kappa shape index (κ1) is 60.6. The fourth-order valence-corrected chi connectivity index (χ4v) is 8.53. The number of rotatable bonds is 19. The van der Waals surface area contributed by atoms with Gasteiger partial charge in [0, 0.05) is 67.9 Å². The van der Waals surface area contributed by atoms with Crippen molar-refractivity contribution in [1.29, 1.82) is 10.8 Å². The van der Waals surface area contributed by atoms with Gasteiger partial charge in [0.05, 0.1) is 0 Å². The summed E-state index contributed by atoms with van der Waals surface area (Å²) < 4.78 is 0. The van der Waals surface area contributed by atoms with Gasteiger partial charge < -0.3 is 80.5 Å². The summed E-state index contributed by atoms with van der Waals surface area (Å²) in [6.45, 7) is 1.45. The number of guanidine groups is 2. The van der Waals surface area contributed by atoms with Gasteiger partial charge in [-0.05, 0) is 87.6 Å². The molecule has 414 valence electrons. The van der Waals surface area contributed by atoms with Crippen molar-refractivity contribution in [2.75, 3.05) is 26.2 Å². The second-order valence-electron chi connectivity index (χ2n) is 18.2. The van der Waals surface area contributed by atoms with Crippen molar-refractivity contribution in [2.24, 2.45) is 17.2 Å². The molecule has 76 heavy (non-hydrogen) atoms. The van der Waals surface area contributed by atoms with Gasteiger partial charge >= 0.3 is 5.97 Å². The van der Waals surface area contributed by atoms with Crippen LogP contribution in [0.1, 0.15) is 82.3 Å². The molecular formula is C49H71ClN16O10. The summed E-state index contributed by atoms with van der Waals surface area (Å²) in [5, 5.41) is 52.6. The fourth-order valence-electron chi connectivity index (χ4n) is 8.31. The van der Waals surface area contributed by atoms with Gasteiger partial charge in [-0.25, -0.2) is 4.79 Å². The second kappa shape index (κ2) is 31.0. The smallest absolute Gasteiger partial charge is 0.326 e. The number of aliphatic carboxylic acids is 1. The third-order valence-electron chi connectivity index (χ3n) is 12.3. The van der Waals surface area contributed by atoms with Crippen molar-refractivity contribution < 1.29 is 48.3 Å². The van der Waals surface area contributed by atoms with Crippen molar-refractivity contribution >= 4 is 87.6 Å². The number of carboxylic acids is 1. The van der Waals surface area contributed by atoms with E-state index in [2.05, 4.69) is 58.2 Å². The maximum Gasteiger partial charge on any atom is 0.326 e. The van der Waals surface area contributed by atoms with Crippen LogP contribution < -0.4 is 70.4 Å². The zero-order valence-electron chi connectivity index (χ0n) is 42.3. The number of carbonyl (C=O) groups is 9. The van der Waals surface area contributed by atoms with E-state index < -0.39 is 95.5 Å². The monoisotopic (exact) mass is 1080 g/mol. The molecule has 0 aliphatic carbocycles. The van der Waals surface area contributed by atoms with Crippen LogP contribution in [0.2, 0.25) is 5.02 Å². The fraction of sp³-hybridized carbons (Fsp3) is 0.490. The molecule has 1 unspecified atom stereocenters. The summed E-state index contributed by atoms with van der Waals surface area (Å²) in [6.07, 6.45) is 0.886. The molecule has 20 N–H and O–H groups in total. The van der Waals surface area contributed by atoms with E-state index in [-0.39, 0.29) is 120 Å². The van der Waals surface area contributed by atoms with E-state index in [4.69, 9.17) is 39.6 Å². The first-order valence-electron chi connectivity index (χ1n) is 25.0. The topological polar surface area (TPSA) is 436 Å². The van der Waals surface area contributed by atoms with Crippen LogP contribution in [-0.4, -0.2) is 144 Å². The van der Waals surface area contributed by atoms with E-state index in [0.29, 0.717) is 11.1 Å². The summed E-state index contributed by atoms with van der Waals surface area (Å²) >= 11 is 6.57. The van der Waals surface area contributed by atoms with E-state index in [1.165, 1.54) is 6.92 Å². The Bertz CT molecular complexity index is 2540. The van der Waals surface area contributed by atoms with Crippen LogP contribution >= 0.6 is 11.6 Å². The van der Waals surface area contributed by atoms with Crippen molar-refractivity contribution in [3.8, 4) is 0 Å². The molecule has 7 atom stereocenters. The zero-order chi connectivity index (χ0) is 55.7. The zero-order valence-corrected chi connectivity index (χ0v) is 43.0. The highest BCUT2D eigenvalue weighted by Crippen LogP contribution is 2.21.